The van der Waals surface area contributed by atoms with Crippen molar-refractivity contribution in [2.45, 2.75) is 38.0 Å². The average Bonchev–Trinajstić information content (AvgIpc) is 2.91. The molecule has 1 aromatic heterocycles. The zero-order chi connectivity index (χ0) is 13.2. The molecule has 0 amide bonds. The Kier molecular flexibility index (Phi) is 3.38. The maximum Gasteiger partial charge on any atom is 0.159 e. The molecule has 2 N–H and O–H groups in total. The summed E-state index contributed by atoms with van der Waals surface area (Å²) >= 11 is 6.23. The van der Waals surface area contributed by atoms with E-state index < -0.39 is 0 Å². The van der Waals surface area contributed by atoms with Crippen molar-refractivity contribution in [3.05, 3.63) is 29.0 Å². The summed E-state index contributed by atoms with van der Waals surface area (Å²) in [5.74, 6) is 1.31. The van der Waals surface area contributed by atoms with Crippen molar-refractivity contribution in [2.75, 3.05) is 5.73 Å². The van der Waals surface area contributed by atoms with E-state index in [0.717, 1.165) is 24.4 Å². The summed E-state index contributed by atoms with van der Waals surface area (Å²) in [5.41, 5.74) is 7.24. The van der Waals surface area contributed by atoms with Crippen molar-refractivity contribution in [1.29, 1.82) is 0 Å². The molecule has 0 saturated heterocycles. The number of nitrogens with two attached hydrogens (primary N) is 1. The molecule has 1 saturated carbocycles. The molecule has 0 unspecified atom stereocenters. The minimum atomic E-state index is 0.418. The molecule has 0 radical (unpaired) electrons. The molecule has 0 spiro atoms. The molecule has 5 nitrogen and oxygen atoms in total. The van der Waals surface area contributed by atoms with Crippen LogP contribution in [0.2, 0.25) is 5.02 Å². The van der Waals surface area contributed by atoms with E-state index in [9.17, 15) is 0 Å². The predicted molar refractivity (Wildman–Crippen MR) is 74.4 cm³/mol. The van der Waals surface area contributed by atoms with Crippen LogP contribution in [0.1, 0.15) is 43.8 Å². The van der Waals surface area contributed by atoms with Gasteiger partial charge in [-0.15, -0.1) is 5.10 Å². The normalized spacial score (nSPS) is 16.7. The Bertz CT molecular complexity index is 574. The summed E-state index contributed by atoms with van der Waals surface area (Å²) in [6.45, 7) is 0. The van der Waals surface area contributed by atoms with E-state index in [4.69, 9.17) is 17.3 Å². The van der Waals surface area contributed by atoms with Crippen LogP contribution in [0.3, 0.4) is 0 Å². The van der Waals surface area contributed by atoms with Gasteiger partial charge in [0.25, 0.3) is 0 Å². The van der Waals surface area contributed by atoms with Gasteiger partial charge in [0.05, 0.1) is 10.7 Å². The minimum Gasteiger partial charge on any atom is -0.399 e. The highest BCUT2D eigenvalue weighted by molar-refractivity contribution is 6.32. The molecule has 1 aromatic carbocycles. The maximum absolute atomic E-state index is 6.23. The van der Waals surface area contributed by atoms with E-state index in [0.29, 0.717) is 16.6 Å². The maximum atomic E-state index is 6.23. The van der Waals surface area contributed by atoms with Crippen LogP contribution in [0, 0.1) is 0 Å². The highest BCUT2D eigenvalue weighted by Crippen LogP contribution is 2.33. The Balaban J connectivity index is 2.01. The molecule has 100 valence electrons. The van der Waals surface area contributed by atoms with Gasteiger partial charge in [-0.1, -0.05) is 30.9 Å². The van der Waals surface area contributed by atoms with Crippen molar-refractivity contribution in [1.82, 2.24) is 20.2 Å². The van der Waals surface area contributed by atoms with Crippen LogP contribution in [0.25, 0.3) is 5.69 Å². The minimum absolute atomic E-state index is 0.418. The van der Waals surface area contributed by atoms with Gasteiger partial charge >= 0.3 is 0 Å². The Morgan fingerprint density at radius 3 is 2.79 bits per heavy atom. The van der Waals surface area contributed by atoms with Gasteiger partial charge in [-0.05, 0) is 41.5 Å². The van der Waals surface area contributed by atoms with Gasteiger partial charge in [-0.25, -0.2) is 0 Å². The summed E-state index contributed by atoms with van der Waals surface area (Å²) in [4.78, 5) is 0. The number of aromatic nitrogens is 4. The van der Waals surface area contributed by atoms with Crippen LogP contribution in [0.5, 0.6) is 0 Å². The molecule has 2 aromatic rings. The number of benzene rings is 1. The molecule has 1 aliphatic rings. The van der Waals surface area contributed by atoms with Crippen molar-refractivity contribution in [3.63, 3.8) is 0 Å². The van der Waals surface area contributed by atoms with Gasteiger partial charge in [-0.2, -0.15) is 4.68 Å². The molecule has 1 aliphatic carbocycles. The number of nitrogens with zero attached hydrogens (tertiary/aromatic N) is 4. The third-order valence-corrected chi connectivity index (χ3v) is 3.98. The second-order valence-corrected chi connectivity index (χ2v) is 5.40. The Morgan fingerprint density at radius 2 is 2.00 bits per heavy atom. The molecule has 0 bridgehead atoms. The van der Waals surface area contributed by atoms with E-state index in [1.54, 1.807) is 16.8 Å². The van der Waals surface area contributed by atoms with Crippen molar-refractivity contribution in [2.24, 2.45) is 0 Å². The van der Waals surface area contributed by atoms with Gasteiger partial charge < -0.3 is 5.73 Å². The van der Waals surface area contributed by atoms with Crippen molar-refractivity contribution in [3.8, 4) is 5.69 Å². The molecule has 6 heteroatoms. The lowest BCUT2D eigenvalue weighted by Crippen LogP contribution is -2.12. The summed E-state index contributed by atoms with van der Waals surface area (Å²) in [6, 6.07) is 5.36. The number of rotatable bonds is 2. The average molecular weight is 278 g/mol. The number of anilines is 1. The summed E-state index contributed by atoms with van der Waals surface area (Å²) < 4.78 is 1.73. The van der Waals surface area contributed by atoms with E-state index >= 15 is 0 Å². The fraction of sp³-hybridized carbons (Fsp3) is 0.462. The lowest BCUT2D eigenvalue weighted by atomic mass is 9.88. The number of tetrazole rings is 1. The Hall–Kier alpha value is -1.62. The second-order valence-electron chi connectivity index (χ2n) is 4.99. The molecule has 3 rings (SSSR count). The second kappa shape index (κ2) is 5.17. The van der Waals surface area contributed by atoms with Crippen LogP contribution < -0.4 is 5.73 Å². The summed E-state index contributed by atoms with van der Waals surface area (Å²) in [5, 5.41) is 12.7. The summed E-state index contributed by atoms with van der Waals surface area (Å²) in [7, 11) is 0. The smallest absolute Gasteiger partial charge is 0.159 e. The van der Waals surface area contributed by atoms with E-state index in [-0.39, 0.29) is 0 Å². The van der Waals surface area contributed by atoms with Gasteiger partial charge in [0.1, 0.15) is 0 Å². The molecule has 0 aliphatic heterocycles. The van der Waals surface area contributed by atoms with Gasteiger partial charge in [0, 0.05) is 11.6 Å². The fourth-order valence-electron chi connectivity index (χ4n) is 2.67. The van der Waals surface area contributed by atoms with Gasteiger partial charge in [0.2, 0.25) is 0 Å². The van der Waals surface area contributed by atoms with Crippen LogP contribution in [-0.2, 0) is 0 Å². The lowest BCUT2D eigenvalue weighted by Gasteiger charge is -2.20. The third-order valence-electron chi connectivity index (χ3n) is 3.66. The lowest BCUT2D eigenvalue weighted by molar-refractivity contribution is 0.422. The fourth-order valence-corrected chi connectivity index (χ4v) is 2.87. The first kappa shape index (κ1) is 12.4. The quantitative estimate of drug-likeness (QED) is 0.857. The highest BCUT2D eigenvalue weighted by Gasteiger charge is 2.23. The molecular formula is C13H16ClN5. The van der Waals surface area contributed by atoms with Crippen molar-refractivity contribution >= 4 is 17.3 Å². The van der Waals surface area contributed by atoms with Gasteiger partial charge in [-0.3, -0.25) is 0 Å². The Labute approximate surface area is 116 Å². The molecule has 19 heavy (non-hydrogen) atoms. The number of hydrogen-bond donors (Lipinski definition) is 1. The van der Waals surface area contributed by atoms with Gasteiger partial charge in [0.15, 0.2) is 5.82 Å². The van der Waals surface area contributed by atoms with E-state index in [1.807, 2.05) is 6.07 Å². The monoisotopic (exact) mass is 277 g/mol. The SMILES string of the molecule is Nc1ccc(Cl)c(-n2nnnc2C2CCCCC2)c1. The largest absolute Gasteiger partial charge is 0.399 e. The van der Waals surface area contributed by atoms with Crippen LogP contribution >= 0.6 is 11.6 Å². The third kappa shape index (κ3) is 2.42. The van der Waals surface area contributed by atoms with E-state index in [2.05, 4.69) is 15.5 Å². The summed E-state index contributed by atoms with van der Waals surface area (Å²) in [6.07, 6.45) is 6.06. The predicted octanol–water partition coefficient (Wildman–Crippen LogP) is 2.95. The Morgan fingerprint density at radius 1 is 1.21 bits per heavy atom. The first-order chi connectivity index (χ1) is 9.25. The van der Waals surface area contributed by atoms with Crippen LogP contribution in [0.15, 0.2) is 18.2 Å². The topological polar surface area (TPSA) is 69.6 Å². The molecule has 1 fully saturated rings. The van der Waals surface area contributed by atoms with Crippen molar-refractivity contribution < 1.29 is 0 Å². The zero-order valence-corrected chi connectivity index (χ0v) is 11.3. The standard InChI is InChI=1S/C13H16ClN5/c14-11-7-6-10(15)8-12(11)19-13(16-17-18-19)9-4-2-1-3-5-9/h6-9H,1-5,15H2. The van der Waals surface area contributed by atoms with E-state index in [1.165, 1.54) is 19.3 Å². The molecule has 1 heterocycles. The first-order valence-electron chi connectivity index (χ1n) is 6.59. The molecular weight excluding hydrogens is 262 g/mol. The van der Waals surface area contributed by atoms with Crippen LogP contribution in [0.4, 0.5) is 5.69 Å². The zero-order valence-electron chi connectivity index (χ0n) is 10.6. The molecule has 0 atom stereocenters. The number of nitrogen functional groups attached to an aromatic ring is 1. The number of halogens is 1. The highest BCUT2D eigenvalue weighted by atomic mass is 35.5. The first-order valence-corrected chi connectivity index (χ1v) is 6.97. The number of hydrogen-bond acceptors (Lipinski definition) is 4. The van der Waals surface area contributed by atoms with Crippen LogP contribution in [-0.4, -0.2) is 20.2 Å².